The highest BCUT2D eigenvalue weighted by atomic mass is 35.5. The Morgan fingerprint density at radius 2 is 2.30 bits per heavy atom. The van der Waals surface area contributed by atoms with Gasteiger partial charge in [0.1, 0.15) is 10.3 Å². The van der Waals surface area contributed by atoms with E-state index in [0.717, 1.165) is 57.2 Å². The van der Waals surface area contributed by atoms with E-state index in [9.17, 15) is 4.79 Å². The Kier molecular flexibility index (Phi) is 5.31. The van der Waals surface area contributed by atoms with Crippen LogP contribution in [0.1, 0.15) is 18.4 Å². The summed E-state index contributed by atoms with van der Waals surface area (Å²) in [6.07, 6.45) is 6.46. The van der Waals surface area contributed by atoms with Gasteiger partial charge in [0.15, 0.2) is 5.13 Å². The van der Waals surface area contributed by atoms with Crippen LogP contribution < -0.4 is 10.2 Å². The molecule has 1 aliphatic rings. The molecule has 0 saturated carbocycles. The number of aromatic nitrogens is 3. The molecule has 1 atom stereocenters. The molecule has 5 rings (SSSR count). The number of anilines is 1. The van der Waals surface area contributed by atoms with Gasteiger partial charge in [0.2, 0.25) is 5.91 Å². The third-order valence-electron chi connectivity index (χ3n) is 5.64. The van der Waals surface area contributed by atoms with Crippen LogP contribution in [0.3, 0.4) is 0 Å². The molecule has 4 heterocycles. The van der Waals surface area contributed by atoms with Gasteiger partial charge in [0.25, 0.3) is 0 Å². The quantitative estimate of drug-likeness (QED) is 0.483. The average molecular weight is 440 g/mol. The summed E-state index contributed by atoms with van der Waals surface area (Å²) in [6.45, 7) is 2.24. The average Bonchev–Trinajstić information content (AvgIpc) is 3.38. The Balaban J connectivity index is 1.20. The number of fused-ring (bicyclic) bond motifs is 2. The van der Waals surface area contributed by atoms with Crippen LogP contribution in [0.2, 0.25) is 5.02 Å². The predicted octanol–water partition coefficient (Wildman–Crippen LogP) is 4.40. The maximum absolute atomic E-state index is 12.8. The van der Waals surface area contributed by atoms with E-state index in [0.29, 0.717) is 13.1 Å². The van der Waals surface area contributed by atoms with E-state index in [-0.39, 0.29) is 11.8 Å². The summed E-state index contributed by atoms with van der Waals surface area (Å²) in [5, 5.41) is 5.92. The summed E-state index contributed by atoms with van der Waals surface area (Å²) in [4.78, 5) is 28.3. The van der Waals surface area contributed by atoms with Crippen molar-refractivity contribution in [3.63, 3.8) is 0 Å². The number of thiazole rings is 1. The van der Waals surface area contributed by atoms with Crippen molar-refractivity contribution >= 4 is 55.2 Å². The molecule has 1 fully saturated rings. The van der Waals surface area contributed by atoms with Crippen molar-refractivity contribution in [2.45, 2.75) is 19.3 Å². The van der Waals surface area contributed by atoms with E-state index in [1.165, 1.54) is 5.56 Å². The number of nitrogens with one attached hydrogen (secondary N) is 2. The van der Waals surface area contributed by atoms with Crippen molar-refractivity contribution in [3.8, 4) is 0 Å². The molecule has 154 valence electrons. The standard InChI is InChI=1S/C22H22ClN5OS/c23-16-5-6-18-17(11-16)14(12-26-18)7-9-24-20(29)15-3-2-10-28(13-15)22-27-19-4-1-8-25-21(19)30-22/h1,4-6,8,11-12,15,26H,2-3,7,9-10,13H2,(H,24,29)/t15-/m0/s1. The number of amides is 1. The van der Waals surface area contributed by atoms with Gasteiger partial charge in [-0.3, -0.25) is 4.79 Å². The van der Waals surface area contributed by atoms with Crippen molar-refractivity contribution < 1.29 is 4.79 Å². The van der Waals surface area contributed by atoms with Crippen LogP contribution in [0.25, 0.3) is 21.3 Å². The molecule has 30 heavy (non-hydrogen) atoms. The van der Waals surface area contributed by atoms with Gasteiger partial charge in [-0.05, 0) is 55.2 Å². The number of pyridine rings is 1. The number of hydrogen-bond donors (Lipinski definition) is 2. The van der Waals surface area contributed by atoms with E-state index in [1.807, 2.05) is 36.5 Å². The predicted molar refractivity (Wildman–Crippen MR) is 122 cm³/mol. The van der Waals surface area contributed by atoms with Crippen LogP contribution in [0.5, 0.6) is 0 Å². The van der Waals surface area contributed by atoms with Crippen LogP contribution in [-0.2, 0) is 11.2 Å². The lowest BCUT2D eigenvalue weighted by Crippen LogP contribution is -2.43. The zero-order valence-electron chi connectivity index (χ0n) is 16.4. The van der Waals surface area contributed by atoms with Crippen molar-refractivity contribution in [2.75, 3.05) is 24.5 Å². The smallest absolute Gasteiger partial charge is 0.224 e. The molecule has 8 heteroatoms. The highest BCUT2D eigenvalue weighted by molar-refractivity contribution is 7.21. The van der Waals surface area contributed by atoms with Gasteiger partial charge in [-0.15, -0.1) is 0 Å². The molecule has 1 aliphatic heterocycles. The number of nitrogens with zero attached hydrogens (tertiary/aromatic N) is 3. The highest BCUT2D eigenvalue weighted by Crippen LogP contribution is 2.30. The Morgan fingerprint density at radius 3 is 3.20 bits per heavy atom. The molecular weight excluding hydrogens is 418 g/mol. The molecule has 1 aromatic carbocycles. The molecule has 0 spiro atoms. The summed E-state index contributed by atoms with van der Waals surface area (Å²) in [6, 6.07) is 9.71. The largest absolute Gasteiger partial charge is 0.361 e. The number of H-pyrrole nitrogens is 1. The van der Waals surface area contributed by atoms with Crippen molar-refractivity contribution in [1.29, 1.82) is 0 Å². The first kappa shape index (κ1) is 19.3. The normalized spacial score (nSPS) is 17.0. The Labute approximate surface area is 183 Å². The second kappa shape index (κ2) is 8.24. The number of benzene rings is 1. The second-order valence-electron chi connectivity index (χ2n) is 7.65. The fraction of sp³-hybridized carbons (Fsp3) is 0.318. The molecule has 1 saturated heterocycles. The zero-order chi connectivity index (χ0) is 20.5. The first-order valence-corrected chi connectivity index (χ1v) is 11.4. The van der Waals surface area contributed by atoms with E-state index >= 15 is 0 Å². The van der Waals surface area contributed by atoms with Gasteiger partial charge in [-0.1, -0.05) is 22.9 Å². The first-order chi connectivity index (χ1) is 14.7. The fourth-order valence-electron chi connectivity index (χ4n) is 4.08. The molecule has 6 nitrogen and oxygen atoms in total. The van der Waals surface area contributed by atoms with Crippen LogP contribution >= 0.6 is 22.9 Å². The van der Waals surface area contributed by atoms with E-state index < -0.39 is 0 Å². The second-order valence-corrected chi connectivity index (χ2v) is 9.05. The first-order valence-electron chi connectivity index (χ1n) is 10.2. The third kappa shape index (κ3) is 3.87. The van der Waals surface area contributed by atoms with E-state index in [2.05, 4.69) is 20.2 Å². The third-order valence-corrected chi connectivity index (χ3v) is 6.92. The number of carbonyl (C=O) groups excluding carboxylic acids is 1. The summed E-state index contributed by atoms with van der Waals surface area (Å²) in [7, 11) is 0. The molecule has 2 N–H and O–H groups in total. The number of hydrogen-bond acceptors (Lipinski definition) is 5. The van der Waals surface area contributed by atoms with Gasteiger partial charge in [0.05, 0.1) is 5.92 Å². The van der Waals surface area contributed by atoms with E-state index in [1.54, 1.807) is 17.5 Å². The lowest BCUT2D eigenvalue weighted by molar-refractivity contribution is -0.125. The summed E-state index contributed by atoms with van der Waals surface area (Å²) >= 11 is 7.72. The van der Waals surface area contributed by atoms with Crippen molar-refractivity contribution in [2.24, 2.45) is 5.92 Å². The maximum atomic E-state index is 12.8. The number of rotatable bonds is 5. The monoisotopic (exact) mass is 439 g/mol. The number of halogens is 1. The van der Waals surface area contributed by atoms with Gasteiger partial charge >= 0.3 is 0 Å². The van der Waals surface area contributed by atoms with E-state index in [4.69, 9.17) is 16.6 Å². The molecule has 4 aromatic rings. The zero-order valence-corrected chi connectivity index (χ0v) is 18.0. The molecule has 0 aliphatic carbocycles. The molecule has 0 radical (unpaired) electrons. The minimum Gasteiger partial charge on any atom is -0.361 e. The lowest BCUT2D eigenvalue weighted by Gasteiger charge is -2.31. The van der Waals surface area contributed by atoms with Crippen molar-refractivity contribution in [1.82, 2.24) is 20.3 Å². The van der Waals surface area contributed by atoms with Gasteiger partial charge in [0, 0.05) is 48.0 Å². The van der Waals surface area contributed by atoms with Crippen LogP contribution in [0, 0.1) is 5.92 Å². The SMILES string of the molecule is O=C(NCCc1c[nH]c2ccc(Cl)cc12)[C@H]1CCCN(c2nc3cccnc3s2)C1. The Bertz CT molecular complexity index is 1170. The number of piperidine rings is 1. The van der Waals surface area contributed by atoms with Crippen LogP contribution in [-0.4, -0.2) is 40.5 Å². The van der Waals surface area contributed by atoms with Crippen LogP contribution in [0.4, 0.5) is 5.13 Å². The van der Waals surface area contributed by atoms with Gasteiger partial charge in [-0.2, -0.15) is 0 Å². The fourth-order valence-corrected chi connectivity index (χ4v) is 5.20. The molecule has 0 unspecified atom stereocenters. The summed E-state index contributed by atoms with van der Waals surface area (Å²) in [5.74, 6) is 0.105. The summed E-state index contributed by atoms with van der Waals surface area (Å²) < 4.78 is 0. The van der Waals surface area contributed by atoms with Crippen molar-refractivity contribution in [3.05, 3.63) is 53.3 Å². The highest BCUT2D eigenvalue weighted by Gasteiger charge is 2.27. The lowest BCUT2D eigenvalue weighted by atomic mass is 9.97. The Hall–Kier alpha value is -2.64. The number of aromatic amines is 1. The minimum atomic E-state index is -0.0175. The molecular formula is C22H22ClN5OS. The maximum Gasteiger partial charge on any atom is 0.224 e. The number of carbonyl (C=O) groups is 1. The van der Waals surface area contributed by atoms with Crippen LogP contribution in [0.15, 0.2) is 42.7 Å². The molecule has 3 aromatic heterocycles. The van der Waals surface area contributed by atoms with Gasteiger partial charge in [-0.25, -0.2) is 9.97 Å². The minimum absolute atomic E-state index is 0.0175. The molecule has 1 amide bonds. The van der Waals surface area contributed by atoms with Gasteiger partial charge < -0.3 is 15.2 Å². The topological polar surface area (TPSA) is 73.9 Å². The Morgan fingerprint density at radius 1 is 1.37 bits per heavy atom. The summed E-state index contributed by atoms with van der Waals surface area (Å²) in [5.41, 5.74) is 3.15. The molecule has 0 bridgehead atoms.